The summed E-state index contributed by atoms with van der Waals surface area (Å²) in [5.41, 5.74) is 0.920. The number of esters is 1. The number of hydrogen-bond donors (Lipinski definition) is 0. The van der Waals surface area contributed by atoms with Crippen LogP contribution < -0.4 is 4.74 Å². The lowest BCUT2D eigenvalue weighted by molar-refractivity contribution is -0.143. The minimum absolute atomic E-state index is 0.120. The van der Waals surface area contributed by atoms with Crippen LogP contribution in [0, 0.1) is 0 Å². The number of ether oxygens (including phenoxy) is 2. The summed E-state index contributed by atoms with van der Waals surface area (Å²) in [5, 5.41) is 0. The van der Waals surface area contributed by atoms with E-state index < -0.39 is 0 Å². The average Bonchev–Trinajstić information content (AvgIpc) is 2.55. The van der Waals surface area contributed by atoms with Gasteiger partial charge in [-0.25, -0.2) is 0 Å². The van der Waals surface area contributed by atoms with Gasteiger partial charge in [-0.05, 0) is 44.5 Å². The lowest BCUT2D eigenvalue weighted by atomic mass is 10.2. The molecule has 5 nitrogen and oxygen atoms in total. The van der Waals surface area contributed by atoms with Crippen molar-refractivity contribution in [1.29, 1.82) is 0 Å². The molecule has 0 unspecified atom stereocenters. The molecular formula is C18H25NO4. The van der Waals surface area contributed by atoms with Gasteiger partial charge in [0.15, 0.2) is 0 Å². The van der Waals surface area contributed by atoms with Crippen LogP contribution >= 0.6 is 0 Å². The zero-order chi connectivity index (χ0) is 17.1. The number of amides is 1. The first-order valence-electron chi connectivity index (χ1n) is 7.96. The first-order chi connectivity index (χ1) is 11.1. The molecule has 0 fully saturated rings. The van der Waals surface area contributed by atoms with Crippen molar-refractivity contribution in [3.63, 3.8) is 0 Å². The Kier molecular flexibility index (Phi) is 8.50. The van der Waals surface area contributed by atoms with E-state index in [1.165, 1.54) is 6.08 Å². The van der Waals surface area contributed by atoms with Crippen LogP contribution in [-0.2, 0) is 14.3 Å². The minimum Gasteiger partial charge on any atom is -0.494 e. The summed E-state index contributed by atoms with van der Waals surface area (Å²) in [5.74, 6) is 0.403. The predicted octanol–water partition coefficient (Wildman–Crippen LogP) is 2.90. The molecule has 1 amide bonds. The molecule has 0 aliphatic heterocycles. The molecule has 0 radical (unpaired) electrons. The zero-order valence-electron chi connectivity index (χ0n) is 14.1. The third-order valence-electron chi connectivity index (χ3n) is 3.19. The second-order valence-electron chi connectivity index (χ2n) is 4.81. The van der Waals surface area contributed by atoms with E-state index in [4.69, 9.17) is 9.47 Å². The van der Waals surface area contributed by atoms with Crippen LogP contribution in [0.4, 0.5) is 0 Å². The molecule has 0 atom stereocenters. The van der Waals surface area contributed by atoms with Gasteiger partial charge in [0.05, 0.1) is 19.6 Å². The number of nitrogens with zero attached hydrogens (tertiary/aromatic N) is 1. The van der Waals surface area contributed by atoms with Gasteiger partial charge in [-0.15, -0.1) is 0 Å². The number of rotatable bonds is 9. The van der Waals surface area contributed by atoms with Gasteiger partial charge in [0.2, 0.25) is 5.91 Å². The number of carbonyl (C=O) groups is 2. The van der Waals surface area contributed by atoms with Crippen LogP contribution in [0.2, 0.25) is 0 Å². The normalized spacial score (nSPS) is 10.6. The predicted molar refractivity (Wildman–Crippen MR) is 90.1 cm³/mol. The molecule has 0 aromatic heterocycles. The van der Waals surface area contributed by atoms with E-state index in [0.29, 0.717) is 26.3 Å². The highest BCUT2D eigenvalue weighted by molar-refractivity contribution is 5.92. The maximum Gasteiger partial charge on any atom is 0.307 e. The molecule has 0 saturated carbocycles. The summed E-state index contributed by atoms with van der Waals surface area (Å²) in [6.45, 7) is 7.47. The van der Waals surface area contributed by atoms with Crippen molar-refractivity contribution in [3.8, 4) is 5.75 Å². The van der Waals surface area contributed by atoms with Gasteiger partial charge < -0.3 is 14.4 Å². The van der Waals surface area contributed by atoms with E-state index in [-0.39, 0.29) is 18.3 Å². The minimum atomic E-state index is -0.283. The fourth-order valence-electron chi connectivity index (χ4n) is 2.00. The summed E-state index contributed by atoms with van der Waals surface area (Å²) in [6.07, 6.45) is 3.49. The summed E-state index contributed by atoms with van der Waals surface area (Å²) in [6, 6.07) is 7.52. The van der Waals surface area contributed by atoms with E-state index in [0.717, 1.165) is 11.3 Å². The number of benzene rings is 1. The standard InChI is InChI=1S/C18H25NO4/c1-4-19(14-13-18(21)23-6-3)17(20)12-9-15-7-10-16(11-8-15)22-5-2/h7-12H,4-6,13-14H2,1-3H3/b12-9+. The van der Waals surface area contributed by atoms with E-state index in [1.54, 1.807) is 17.9 Å². The molecule has 5 heteroatoms. The second-order valence-corrected chi connectivity index (χ2v) is 4.81. The summed E-state index contributed by atoms with van der Waals surface area (Å²) in [7, 11) is 0. The average molecular weight is 319 g/mol. The van der Waals surface area contributed by atoms with Crippen molar-refractivity contribution < 1.29 is 19.1 Å². The third kappa shape index (κ3) is 7.00. The highest BCUT2D eigenvalue weighted by Crippen LogP contribution is 2.13. The fraction of sp³-hybridized carbons (Fsp3) is 0.444. The molecule has 0 saturated heterocycles. The molecule has 1 aromatic carbocycles. The number of carbonyl (C=O) groups excluding carboxylic acids is 2. The van der Waals surface area contributed by atoms with E-state index >= 15 is 0 Å². The monoisotopic (exact) mass is 319 g/mol. The molecule has 23 heavy (non-hydrogen) atoms. The van der Waals surface area contributed by atoms with Gasteiger partial charge in [-0.1, -0.05) is 12.1 Å². The molecule has 1 rings (SSSR count). The molecule has 0 spiro atoms. The second kappa shape index (κ2) is 10.4. The maximum absolute atomic E-state index is 12.1. The van der Waals surface area contributed by atoms with Crippen molar-refractivity contribution in [1.82, 2.24) is 4.90 Å². The van der Waals surface area contributed by atoms with Gasteiger partial charge >= 0.3 is 5.97 Å². The van der Waals surface area contributed by atoms with Crippen LogP contribution in [0.15, 0.2) is 30.3 Å². The van der Waals surface area contributed by atoms with Gasteiger partial charge in [0, 0.05) is 19.2 Å². The van der Waals surface area contributed by atoms with Gasteiger partial charge in [-0.3, -0.25) is 9.59 Å². The molecule has 0 bridgehead atoms. The molecule has 126 valence electrons. The van der Waals surface area contributed by atoms with E-state index in [2.05, 4.69) is 0 Å². The van der Waals surface area contributed by atoms with E-state index in [1.807, 2.05) is 38.1 Å². The molecular weight excluding hydrogens is 294 g/mol. The topological polar surface area (TPSA) is 55.8 Å². The Labute approximate surface area is 137 Å². The van der Waals surface area contributed by atoms with Crippen molar-refractivity contribution in [3.05, 3.63) is 35.9 Å². The lowest BCUT2D eigenvalue weighted by Gasteiger charge is -2.18. The summed E-state index contributed by atoms with van der Waals surface area (Å²) < 4.78 is 10.2. The first kappa shape index (κ1) is 18.7. The largest absolute Gasteiger partial charge is 0.494 e. The smallest absolute Gasteiger partial charge is 0.307 e. The molecule has 1 aromatic rings. The molecule has 0 aliphatic rings. The van der Waals surface area contributed by atoms with Gasteiger partial charge in [0.25, 0.3) is 0 Å². The van der Waals surface area contributed by atoms with Gasteiger partial charge in [0.1, 0.15) is 5.75 Å². The van der Waals surface area contributed by atoms with Crippen molar-refractivity contribution in [2.75, 3.05) is 26.3 Å². The highest BCUT2D eigenvalue weighted by Gasteiger charge is 2.11. The fourth-order valence-corrected chi connectivity index (χ4v) is 2.00. The Morgan fingerprint density at radius 2 is 1.78 bits per heavy atom. The van der Waals surface area contributed by atoms with Crippen molar-refractivity contribution >= 4 is 18.0 Å². The SMILES string of the molecule is CCOC(=O)CCN(CC)C(=O)/C=C/c1ccc(OCC)cc1. The van der Waals surface area contributed by atoms with Crippen LogP contribution in [0.3, 0.4) is 0 Å². The lowest BCUT2D eigenvalue weighted by Crippen LogP contribution is -2.31. The Bertz CT molecular complexity index is 522. The summed E-state index contributed by atoms with van der Waals surface area (Å²) in [4.78, 5) is 25.1. The maximum atomic E-state index is 12.1. The first-order valence-corrected chi connectivity index (χ1v) is 7.96. The van der Waals surface area contributed by atoms with Crippen molar-refractivity contribution in [2.24, 2.45) is 0 Å². The van der Waals surface area contributed by atoms with Crippen LogP contribution in [0.1, 0.15) is 32.8 Å². The summed E-state index contributed by atoms with van der Waals surface area (Å²) >= 11 is 0. The molecule has 0 N–H and O–H groups in total. The number of likely N-dealkylation sites (N-methyl/N-ethyl adjacent to an activating group) is 1. The van der Waals surface area contributed by atoms with Gasteiger partial charge in [-0.2, -0.15) is 0 Å². The third-order valence-corrected chi connectivity index (χ3v) is 3.19. The van der Waals surface area contributed by atoms with Crippen molar-refractivity contribution in [2.45, 2.75) is 27.2 Å². The Balaban J connectivity index is 2.55. The van der Waals surface area contributed by atoms with E-state index in [9.17, 15) is 9.59 Å². The Hall–Kier alpha value is -2.30. The van der Waals surface area contributed by atoms with Crippen LogP contribution in [0.25, 0.3) is 6.08 Å². The van der Waals surface area contributed by atoms with Crippen LogP contribution in [-0.4, -0.2) is 43.1 Å². The Morgan fingerprint density at radius 1 is 1.09 bits per heavy atom. The molecule has 0 aliphatic carbocycles. The Morgan fingerprint density at radius 3 is 2.35 bits per heavy atom. The number of hydrogen-bond acceptors (Lipinski definition) is 4. The quantitative estimate of drug-likeness (QED) is 0.519. The van der Waals surface area contributed by atoms with Crippen LogP contribution in [0.5, 0.6) is 5.75 Å². The highest BCUT2D eigenvalue weighted by atomic mass is 16.5. The molecule has 0 heterocycles. The zero-order valence-corrected chi connectivity index (χ0v) is 14.1.